The van der Waals surface area contributed by atoms with Gasteiger partial charge in [-0.25, -0.2) is 4.79 Å². The first-order chi connectivity index (χ1) is 11.1. The Bertz CT molecular complexity index is 568. The first-order valence-corrected chi connectivity index (χ1v) is 8.06. The summed E-state index contributed by atoms with van der Waals surface area (Å²) < 4.78 is 5.83. The van der Waals surface area contributed by atoms with Crippen molar-refractivity contribution in [1.29, 1.82) is 0 Å². The van der Waals surface area contributed by atoms with Crippen LogP contribution < -0.4 is 5.32 Å². The number of amides is 3. The Labute approximate surface area is 136 Å². The molecule has 23 heavy (non-hydrogen) atoms. The van der Waals surface area contributed by atoms with Crippen LogP contribution in [-0.2, 0) is 15.1 Å². The van der Waals surface area contributed by atoms with Gasteiger partial charge in [0.2, 0.25) is 5.91 Å². The average Bonchev–Trinajstić information content (AvgIpc) is 3.00. The molecule has 0 unspecified atom stereocenters. The molecule has 2 aliphatic rings. The number of methoxy groups -OCH3 is 1. The van der Waals surface area contributed by atoms with E-state index < -0.39 is 0 Å². The van der Waals surface area contributed by atoms with Gasteiger partial charge in [0.1, 0.15) is 6.54 Å². The van der Waals surface area contributed by atoms with Crippen molar-refractivity contribution < 1.29 is 14.3 Å². The van der Waals surface area contributed by atoms with E-state index in [2.05, 4.69) is 17.4 Å². The van der Waals surface area contributed by atoms with Gasteiger partial charge in [0, 0.05) is 33.3 Å². The summed E-state index contributed by atoms with van der Waals surface area (Å²) >= 11 is 0. The second-order valence-corrected chi connectivity index (χ2v) is 6.10. The molecule has 0 saturated carbocycles. The average molecular weight is 317 g/mol. The predicted molar refractivity (Wildman–Crippen MR) is 85.9 cm³/mol. The minimum Gasteiger partial charge on any atom is -0.373 e. The van der Waals surface area contributed by atoms with Crippen LogP contribution in [0, 0.1) is 0 Å². The number of ether oxygens (including phenoxy) is 1. The molecule has 3 amide bonds. The molecular formula is C17H23N3O3. The second kappa shape index (κ2) is 6.58. The number of carbonyl (C=O) groups excluding carboxylic acids is 2. The van der Waals surface area contributed by atoms with Crippen molar-refractivity contribution in [3.63, 3.8) is 0 Å². The van der Waals surface area contributed by atoms with E-state index in [9.17, 15) is 9.59 Å². The van der Waals surface area contributed by atoms with E-state index in [4.69, 9.17) is 4.74 Å². The monoisotopic (exact) mass is 317 g/mol. The number of piperidine rings is 1. The molecule has 2 heterocycles. The number of likely N-dealkylation sites (tertiary alicyclic amines) is 1. The van der Waals surface area contributed by atoms with Crippen LogP contribution in [0.15, 0.2) is 30.3 Å². The normalized spacial score (nSPS) is 20.5. The fraction of sp³-hybridized carbons (Fsp3) is 0.529. The quantitative estimate of drug-likeness (QED) is 0.907. The summed E-state index contributed by atoms with van der Waals surface area (Å²) in [6.07, 6.45) is 1.54. The van der Waals surface area contributed by atoms with Gasteiger partial charge in [-0.05, 0) is 18.4 Å². The van der Waals surface area contributed by atoms with Crippen molar-refractivity contribution in [3.8, 4) is 0 Å². The first-order valence-electron chi connectivity index (χ1n) is 8.06. The van der Waals surface area contributed by atoms with Crippen molar-refractivity contribution in [1.82, 2.24) is 15.1 Å². The standard InChI is InChI=1S/C17H23N3O3/c1-23-17(14-5-3-2-4-6-14)7-10-19(11-8-17)15(21)13-20-12-9-18-16(20)22/h2-6H,7-13H2,1H3,(H,18,22). The first kappa shape index (κ1) is 15.8. The van der Waals surface area contributed by atoms with E-state index in [-0.39, 0.29) is 24.1 Å². The Morgan fingerprint density at radius 3 is 2.48 bits per heavy atom. The van der Waals surface area contributed by atoms with Crippen LogP contribution in [-0.4, -0.2) is 61.6 Å². The van der Waals surface area contributed by atoms with E-state index in [1.165, 1.54) is 0 Å². The molecule has 2 saturated heterocycles. The molecule has 1 aromatic rings. The zero-order chi connectivity index (χ0) is 16.3. The molecule has 6 nitrogen and oxygen atoms in total. The topological polar surface area (TPSA) is 61.9 Å². The highest BCUT2D eigenvalue weighted by atomic mass is 16.5. The van der Waals surface area contributed by atoms with Crippen molar-refractivity contribution >= 4 is 11.9 Å². The molecule has 0 bridgehead atoms. The lowest BCUT2D eigenvalue weighted by Gasteiger charge is -2.41. The van der Waals surface area contributed by atoms with Crippen LogP contribution >= 0.6 is 0 Å². The molecule has 0 aromatic heterocycles. The van der Waals surface area contributed by atoms with Gasteiger partial charge in [0.15, 0.2) is 0 Å². The summed E-state index contributed by atoms with van der Waals surface area (Å²) in [6.45, 7) is 2.68. The Balaban J connectivity index is 1.61. The SMILES string of the molecule is COC1(c2ccccc2)CCN(C(=O)CN2CCNC2=O)CC1. The number of hydrogen-bond acceptors (Lipinski definition) is 3. The second-order valence-electron chi connectivity index (χ2n) is 6.10. The molecule has 3 rings (SSSR count). The number of nitrogens with one attached hydrogen (secondary N) is 1. The summed E-state index contributed by atoms with van der Waals surface area (Å²) in [7, 11) is 1.74. The van der Waals surface area contributed by atoms with Gasteiger partial charge >= 0.3 is 6.03 Å². The van der Waals surface area contributed by atoms with Gasteiger partial charge in [-0.1, -0.05) is 30.3 Å². The number of carbonyl (C=O) groups is 2. The summed E-state index contributed by atoms with van der Waals surface area (Å²) in [6, 6.07) is 10.0. The maximum Gasteiger partial charge on any atom is 0.317 e. The van der Waals surface area contributed by atoms with E-state index in [0.29, 0.717) is 26.2 Å². The fourth-order valence-corrected chi connectivity index (χ4v) is 3.40. The Kier molecular flexibility index (Phi) is 4.52. The molecule has 1 N–H and O–H groups in total. The summed E-state index contributed by atoms with van der Waals surface area (Å²) in [5.41, 5.74) is 0.844. The largest absolute Gasteiger partial charge is 0.373 e. The van der Waals surface area contributed by atoms with Crippen molar-refractivity contribution in [3.05, 3.63) is 35.9 Å². The highest BCUT2D eigenvalue weighted by Gasteiger charge is 2.38. The smallest absolute Gasteiger partial charge is 0.317 e. The molecule has 6 heteroatoms. The molecule has 0 atom stereocenters. The molecule has 124 valence electrons. The van der Waals surface area contributed by atoms with Gasteiger partial charge in [0.05, 0.1) is 5.60 Å². The van der Waals surface area contributed by atoms with Gasteiger partial charge in [-0.15, -0.1) is 0 Å². The highest BCUT2D eigenvalue weighted by molar-refractivity contribution is 5.85. The molecule has 2 aliphatic heterocycles. The van der Waals surface area contributed by atoms with Gasteiger partial charge in [-0.2, -0.15) is 0 Å². The van der Waals surface area contributed by atoms with Crippen molar-refractivity contribution in [2.45, 2.75) is 18.4 Å². The third-order valence-corrected chi connectivity index (χ3v) is 4.89. The Morgan fingerprint density at radius 2 is 1.91 bits per heavy atom. The summed E-state index contributed by atoms with van der Waals surface area (Å²) in [5.74, 6) is 0.0137. The third-order valence-electron chi connectivity index (χ3n) is 4.89. The van der Waals surface area contributed by atoms with E-state index >= 15 is 0 Å². The van der Waals surface area contributed by atoms with E-state index in [1.54, 1.807) is 12.0 Å². The number of rotatable bonds is 4. The Morgan fingerprint density at radius 1 is 1.22 bits per heavy atom. The number of hydrogen-bond donors (Lipinski definition) is 1. The zero-order valence-corrected chi connectivity index (χ0v) is 13.5. The van der Waals surface area contributed by atoms with Crippen molar-refractivity contribution in [2.75, 3.05) is 39.8 Å². The van der Waals surface area contributed by atoms with Gasteiger partial charge in [-0.3, -0.25) is 4.79 Å². The highest BCUT2D eigenvalue weighted by Crippen LogP contribution is 2.36. The zero-order valence-electron chi connectivity index (χ0n) is 13.5. The third kappa shape index (κ3) is 3.17. The summed E-state index contributed by atoms with van der Waals surface area (Å²) in [4.78, 5) is 27.4. The van der Waals surface area contributed by atoms with Gasteiger partial charge in [0.25, 0.3) is 0 Å². The van der Waals surface area contributed by atoms with Crippen LogP contribution in [0.25, 0.3) is 0 Å². The molecule has 0 radical (unpaired) electrons. The molecule has 2 fully saturated rings. The lowest BCUT2D eigenvalue weighted by atomic mass is 9.84. The van der Waals surface area contributed by atoms with Gasteiger partial charge < -0.3 is 19.9 Å². The van der Waals surface area contributed by atoms with Crippen LogP contribution in [0.5, 0.6) is 0 Å². The number of benzene rings is 1. The van der Waals surface area contributed by atoms with Crippen LogP contribution in [0.4, 0.5) is 4.79 Å². The number of urea groups is 1. The molecular weight excluding hydrogens is 294 g/mol. The Hall–Kier alpha value is -2.08. The number of nitrogens with zero attached hydrogens (tertiary/aromatic N) is 2. The minimum absolute atomic E-state index is 0.0137. The minimum atomic E-state index is -0.316. The van der Waals surface area contributed by atoms with E-state index in [1.807, 2.05) is 23.1 Å². The lowest BCUT2D eigenvalue weighted by Crippen LogP contribution is -2.49. The maximum atomic E-state index is 12.4. The van der Waals surface area contributed by atoms with Crippen LogP contribution in [0.3, 0.4) is 0 Å². The van der Waals surface area contributed by atoms with Crippen molar-refractivity contribution in [2.24, 2.45) is 0 Å². The molecule has 0 spiro atoms. The predicted octanol–water partition coefficient (Wildman–Crippen LogP) is 1.18. The van der Waals surface area contributed by atoms with Crippen LogP contribution in [0.1, 0.15) is 18.4 Å². The van der Waals surface area contributed by atoms with E-state index in [0.717, 1.165) is 18.4 Å². The summed E-state index contributed by atoms with van der Waals surface area (Å²) in [5, 5.41) is 2.72. The molecule has 1 aromatic carbocycles. The fourth-order valence-electron chi connectivity index (χ4n) is 3.40. The maximum absolute atomic E-state index is 12.4. The molecule has 0 aliphatic carbocycles. The lowest BCUT2D eigenvalue weighted by molar-refractivity contribution is -0.137. The van der Waals surface area contributed by atoms with Crippen LogP contribution in [0.2, 0.25) is 0 Å².